The van der Waals surface area contributed by atoms with E-state index >= 15 is 0 Å². The minimum absolute atomic E-state index is 0. The molecule has 1 aromatic heterocycles. The topological polar surface area (TPSA) is 46.6 Å². The normalized spacial score (nSPS) is 17.6. The van der Waals surface area contributed by atoms with Crippen LogP contribution >= 0.6 is 24.0 Å². The zero-order chi connectivity index (χ0) is 16.9. The smallest absolute Gasteiger partial charge is 0.179 e. The maximum absolute atomic E-state index is 6.34. The van der Waals surface area contributed by atoms with Crippen molar-refractivity contribution in [2.45, 2.75) is 12.6 Å². The highest BCUT2D eigenvalue weighted by Crippen LogP contribution is 2.37. The van der Waals surface area contributed by atoms with Crippen molar-refractivity contribution in [1.82, 2.24) is 15.2 Å². The van der Waals surface area contributed by atoms with Crippen molar-refractivity contribution in [2.75, 3.05) is 33.9 Å². The van der Waals surface area contributed by atoms with Gasteiger partial charge in [0, 0.05) is 44.6 Å². The van der Waals surface area contributed by atoms with E-state index in [0.29, 0.717) is 22.6 Å². The molecule has 1 atom stereocenters. The Morgan fingerprint density at radius 1 is 1.32 bits per heavy atom. The summed E-state index contributed by atoms with van der Waals surface area (Å²) in [7, 11) is 3.22. The van der Waals surface area contributed by atoms with Crippen molar-refractivity contribution in [3.05, 3.63) is 52.8 Å². The Hall–Kier alpha value is -1.53. The van der Waals surface area contributed by atoms with Crippen LogP contribution in [0.1, 0.15) is 17.2 Å². The first-order chi connectivity index (χ1) is 11.7. The van der Waals surface area contributed by atoms with Crippen molar-refractivity contribution in [1.29, 1.82) is 0 Å². The molecule has 1 aromatic carbocycles. The van der Waals surface area contributed by atoms with Crippen molar-refractivity contribution < 1.29 is 9.47 Å². The molecule has 0 saturated carbocycles. The summed E-state index contributed by atoms with van der Waals surface area (Å²) in [5.41, 5.74) is 2.32. The Kier molecular flexibility index (Phi) is 7.32. The van der Waals surface area contributed by atoms with E-state index in [2.05, 4.69) is 21.3 Å². The third-order valence-corrected chi connectivity index (χ3v) is 4.58. The van der Waals surface area contributed by atoms with Crippen LogP contribution < -0.4 is 14.8 Å². The molecule has 1 aliphatic rings. The fourth-order valence-electron chi connectivity index (χ4n) is 3.13. The van der Waals surface area contributed by atoms with Crippen LogP contribution in [0.5, 0.6) is 11.5 Å². The average molecular weight is 384 g/mol. The van der Waals surface area contributed by atoms with Crippen molar-refractivity contribution in [3.8, 4) is 11.5 Å². The van der Waals surface area contributed by atoms with Crippen LogP contribution in [0, 0.1) is 0 Å². The molecule has 136 valence electrons. The van der Waals surface area contributed by atoms with Crippen LogP contribution in [-0.4, -0.2) is 43.7 Å². The third kappa shape index (κ3) is 4.55. The molecule has 3 rings (SSSR count). The molecule has 2 aromatic rings. The predicted molar refractivity (Wildman–Crippen MR) is 102 cm³/mol. The SMILES string of the molecule is COc1cc(CN2CCNCC2c2cccnc2)cc(Cl)c1OC.Cl. The van der Waals surface area contributed by atoms with Crippen LogP contribution in [-0.2, 0) is 6.54 Å². The lowest BCUT2D eigenvalue weighted by molar-refractivity contribution is 0.153. The number of nitrogens with one attached hydrogen (secondary N) is 1. The van der Waals surface area contributed by atoms with Gasteiger partial charge in [-0.3, -0.25) is 9.88 Å². The maximum atomic E-state index is 6.34. The van der Waals surface area contributed by atoms with Gasteiger partial charge in [-0.1, -0.05) is 17.7 Å². The first-order valence-corrected chi connectivity index (χ1v) is 8.36. The summed E-state index contributed by atoms with van der Waals surface area (Å²) in [6.45, 7) is 3.64. The van der Waals surface area contributed by atoms with E-state index in [1.807, 2.05) is 24.4 Å². The van der Waals surface area contributed by atoms with Crippen LogP contribution in [0.4, 0.5) is 0 Å². The lowest BCUT2D eigenvalue weighted by Crippen LogP contribution is -2.45. The van der Waals surface area contributed by atoms with E-state index < -0.39 is 0 Å². The van der Waals surface area contributed by atoms with Gasteiger partial charge < -0.3 is 14.8 Å². The van der Waals surface area contributed by atoms with Gasteiger partial charge in [0.05, 0.1) is 19.2 Å². The average Bonchev–Trinajstić information content (AvgIpc) is 2.62. The lowest BCUT2D eigenvalue weighted by Gasteiger charge is -2.36. The number of hydrogen-bond donors (Lipinski definition) is 1. The fourth-order valence-corrected chi connectivity index (χ4v) is 3.44. The van der Waals surface area contributed by atoms with Gasteiger partial charge in [-0.15, -0.1) is 12.4 Å². The number of nitrogens with zero attached hydrogens (tertiary/aromatic N) is 2. The maximum Gasteiger partial charge on any atom is 0.179 e. The molecule has 7 heteroatoms. The molecule has 5 nitrogen and oxygen atoms in total. The number of halogens is 2. The standard InChI is InChI=1S/C18H22ClN3O2.ClH/c1-23-17-9-13(8-15(19)18(17)24-2)12-22-7-6-21-11-16(22)14-4-3-5-20-10-14;/h3-5,8-10,16,21H,6-7,11-12H2,1-2H3;1H. The minimum Gasteiger partial charge on any atom is -0.493 e. The molecule has 25 heavy (non-hydrogen) atoms. The summed E-state index contributed by atoms with van der Waals surface area (Å²) in [4.78, 5) is 6.69. The molecule has 1 unspecified atom stereocenters. The molecule has 0 spiro atoms. The second-order valence-electron chi connectivity index (χ2n) is 5.79. The number of methoxy groups -OCH3 is 2. The van der Waals surface area contributed by atoms with E-state index in [1.54, 1.807) is 20.4 Å². The number of piperazine rings is 1. The predicted octanol–water partition coefficient (Wildman–Crippen LogP) is 3.32. The van der Waals surface area contributed by atoms with E-state index in [9.17, 15) is 0 Å². The van der Waals surface area contributed by atoms with Gasteiger partial charge in [0.15, 0.2) is 11.5 Å². The highest BCUT2D eigenvalue weighted by molar-refractivity contribution is 6.32. The molecule has 1 fully saturated rings. The van der Waals surface area contributed by atoms with Crippen LogP contribution in [0.15, 0.2) is 36.7 Å². The van der Waals surface area contributed by atoms with E-state index in [4.69, 9.17) is 21.1 Å². The molecule has 0 bridgehead atoms. The number of aromatic nitrogens is 1. The van der Waals surface area contributed by atoms with Gasteiger partial charge in [0.1, 0.15) is 0 Å². The zero-order valence-corrected chi connectivity index (χ0v) is 15.9. The lowest BCUT2D eigenvalue weighted by atomic mass is 10.0. The molecule has 1 aliphatic heterocycles. The summed E-state index contributed by atoms with van der Waals surface area (Å²) < 4.78 is 10.7. The number of hydrogen-bond acceptors (Lipinski definition) is 5. The van der Waals surface area contributed by atoms with Gasteiger partial charge >= 0.3 is 0 Å². The zero-order valence-electron chi connectivity index (χ0n) is 14.4. The Balaban J connectivity index is 0.00000225. The summed E-state index contributed by atoms with van der Waals surface area (Å²) in [5.74, 6) is 1.24. The second-order valence-corrected chi connectivity index (χ2v) is 6.20. The second kappa shape index (κ2) is 9.25. The molecule has 0 amide bonds. The quantitative estimate of drug-likeness (QED) is 0.857. The highest BCUT2D eigenvalue weighted by Gasteiger charge is 2.24. The monoisotopic (exact) mass is 383 g/mol. The first kappa shape index (κ1) is 19.8. The number of benzene rings is 1. The van der Waals surface area contributed by atoms with Crippen molar-refractivity contribution in [2.24, 2.45) is 0 Å². The number of pyridine rings is 1. The highest BCUT2D eigenvalue weighted by atomic mass is 35.5. The number of ether oxygens (including phenoxy) is 2. The van der Waals surface area contributed by atoms with E-state index in [1.165, 1.54) is 5.56 Å². The molecule has 0 radical (unpaired) electrons. The van der Waals surface area contributed by atoms with Crippen molar-refractivity contribution in [3.63, 3.8) is 0 Å². The van der Waals surface area contributed by atoms with Gasteiger partial charge in [0.2, 0.25) is 0 Å². The van der Waals surface area contributed by atoms with Crippen molar-refractivity contribution >= 4 is 24.0 Å². The van der Waals surface area contributed by atoms with E-state index in [-0.39, 0.29) is 12.4 Å². The van der Waals surface area contributed by atoms with Gasteiger partial charge in [-0.25, -0.2) is 0 Å². The summed E-state index contributed by atoms with van der Waals surface area (Å²) in [6.07, 6.45) is 3.74. The Bertz CT molecular complexity index is 686. The molecule has 1 saturated heterocycles. The molecule has 2 heterocycles. The number of rotatable bonds is 5. The van der Waals surface area contributed by atoms with Gasteiger partial charge in [-0.2, -0.15) is 0 Å². The largest absolute Gasteiger partial charge is 0.493 e. The molecular weight excluding hydrogens is 361 g/mol. The van der Waals surface area contributed by atoms with Gasteiger partial charge in [-0.05, 0) is 29.3 Å². The fraction of sp³-hybridized carbons (Fsp3) is 0.389. The Labute approximate surface area is 159 Å². The molecular formula is C18H23Cl2N3O2. The van der Waals surface area contributed by atoms with Crippen LogP contribution in [0.2, 0.25) is 5.02 Å². The molecule has 0 aliphatic carbocycles. The summed E-state index contributed by atoms with van der Waals surface area (Å²) in [6, 6.07) is 8.34. The summed E-state index contributed by atoms with van der Waals surface area (Å²) >= 11 is 6.34. The Morgan fingerprint density at radius 2 is 2.16 bits per heavy atom. The minimum atomic E-state index is 0. The first-order valence-electron chi connectivity index (χ1n) is 7.98. The van der Waals surface area contributed by atoms with Gasteiger partial charge in [0.25, 0.3) is 0 Å². The van der Waals surface area contributed by atoms with Crippen LogP contribution in [0.3, 0.4) is 0 Å². The third-order valence-electron chi connectivity index (χ3n) is 4.30. The van der Waals surface area contributed by atoms with E-state index in [0.717, 1.165) is 31.7 Å². The Morgan fingerprint density at radius 3 is 2.84 bits per heavy atom. The molecule has 1 N–H and O–H groups in total. The van der Waals surface area contributed by atoms with Crippen LogP contribution in [0.25, 0.3) is 0 Å². The summed E-state index contributed by atoms with van der Waals surface area (Å²) in [5, 5.41) is 4.03.